The Morgan fingerprint density at radius 2 is 1.44 bits per heavy atom. The van der Waals surface area contributed by atoms with Crippen LogP contribution in [0.1, 0.15) is 32.1 Å². The van der Waals surface area contributed by atoms with Crippen LogP contribution in [0.4, 0.5) is 0 Å². The first-order chi connectivity index (χ1) is 4.00. The average molecular weight is 179 g/mol. The fourth-order valence-electron chi connectivity index (χ4n) is 0.898. The van der Waals surface area contributed by atoms with E-state index in [1.807, 2.05) is 0 Å². The van der Waals surface area contributed by atoms with Crippen molar-refractivity contribution in [2.24, 2.45) is 0 Å². The minimum atomic E-state index is 0. The summed E-state index contributed by atoms with van der Waals surface area (Å²) in [7, 11) is 0. The molecule has 2 nitrogen and oxygen atoms in total. The Morgan fingerprint density at radius 3 is 1.56 bits per heavy atom. The van der Waals surface area contributed by atoms with Gasteiger partial charge in [-0.25, -0.2) is 0 Å². The van der Waals surface area contributed by atoms with Gasteiger partial charge in [-0.15, -0.1) is 0 Å². The van der Waals surface area contributed by atoms with Crippen LogP contribution in [0.2, 0.25) is 0 Å². The molecule has 0 aromatic heterocycles. The summed E-state index contributed by atoms with van der Waals surface area (Å²) >= 11 is 0. The van der Waals surface area contributed by atoms with Crippen LogP contribution in [0.25, 0.3) is 5.90 Å². The van der Waals surface area contributed by atoms with Gasteiger partial charge in [-0.05, 0) is 0 Å². The van der Waals surface area contributed by atoms with Crippen molar-refractivity contribution in [1.82, 2.24) is 0 Å². The molecule has 3 heteroatoms. The molecule has 1 fully saturated rings. The minimum Gasteiger partial charge on any atom is -0.553 e. The first-order valence-corrected chi connectivity index (χ1v) is 3.04. The van der Waals surface area contributed by atoms with E-state index < -0.39 is 0 Å². The summed E-state index contributed by atoms with van der Waals surface area (Å²) in [6.07, 6.45) is 9.50. The normalized spacial score (nSPS) is 16.7. The number of nitrogens with one attached hydrogen (secondary N) is 1. The Labute approximate surface area is 67.2 Å². The van der Waals surface area contributed by atoms with Crippen LogP contribution in [-0.2, 0) is 17.1 Å². The van der Waals surface area contributed by atoms with E-state index in [1.165, 1.54) is 32.1 Å². The largest absolute Gasteiger partial charge is 2.00 e. The predicted molar refractivity (Wildman–Crippen MR) is 33.5 cm³/mol. The summed E-state index contributed by atoms with van der Waals surface area (Å²) in [5.74, 6) is 4.75. The Bertz CT molecular complexity index is 28.5. The third-order valence-electron chi connectivity index (χ3n) is 1.32. The maximum absolute atomic E-state index is 6.25. The van der Waals surface area contributed by atoms with Crippen LogP contribution in [0.3, 0.4) is 0 Å². The van der Waals surface area contributed by atoms with Crippen molar-refractivity contribution in [1.29, 1.82) is 0 Å². The summed E-state index contributed by atoms with van der Waals surface area (Å²) in [4.78, 5) is 0. The van der Waals surface area contributed by atoms with Crippen LogP contribution in [0.5, 0.6) is 0 Å². The Hall–Kier alpha value is 0.439. The first-order valence-electron chi connectivity index (χ1n) is 3.04. The summed E-state index contributed by atoms with van der Waals surface area (Å²) < 4.78 is 0. The van der Waals surface area contributed by atoms with E-state index in [0.717, 1.165) is 0 Å². The van der Waals surface area contributed by atoms with E-state index in [4.69, 9.17) is 11.1 Å². The third kappa shape index (κ3) is 8.44. The van der Waals surface area contributed by atoms with Crippen LogP contribution >= 0.6 is 0 Å². The quantitative estimate of drug-likeness (QED) is 0.346. The second-order valence-corrected chi connectivity index (χ2v) is 1.93. The molecule has 0 amide bonds. The van der Waals surface area contributed by atoms with Crippen LogP contribution in [-0.4, -0.2) is 5.21 Å². The monoisotopic (exact) mass is 178 g/mol. The van der Waals surface area contributed by atoms with Crippen LogP contribution < -0.4 is 0 Å². The molecule has 1 aliphatic carbocycles. The minimum absolute atomic E-state index is 0. The zero-order chi connectivity index (χ0) is 6.24. The van der Waals surface area contributed by atoms with Crippen LogP contribution in [0, 0.1) is 6.42 Å². The zero-order valence-electron chi connectivity index (χ0n) is 5.36. The van der Waals surface area contributed by atoms with Crippen molar-refractivity contribution in [3.05, 3.63) is 12.3 Å². The van der Waals surface area contributed by atoms with Gasteiger partial charge in [-0.2, -0.15) is 12.8 Å². The van der Waals surface area contributed by atoms with E-state index in [9.17, 15) is 0 Å². The molecule has 1 aliphatic rings. The Kier molecular flexibility index (Phi) is 15.2. The van der Waals surface area contributed by atoms with E-state index in [1.54, 1.807) is 0 Å². The van der Waals surface area contributed by atoms with E-state index >= 15 is 0 Å². The van der Waals surface area contributed by atoms with E-state index in [0.29, 0.717) is 0 Å². The molecule has 0 aromatic rings. The number of rotatable bonds is 0. The molecule has 1 rings (SSSR count). The molecule has 59 valence electrons. The number of hydrogen-bond acceptors (Lipinski definition) is 1. The zero-order valence-corrected chi connectivity index (χ0v) is 6.30. The van der Waals surface area contributed by atoms with Gasteiger partial charge in [-0.1, -0.05) is 19.3 Å². The van der Waals surface area contributed by atoms with Gasteiger partial charge in [0.05, 0.1) is 0 Å². The maximum atomic E-state index is 6.25. The molecule has 0 aromatic carbocycles. The van der Waals surface area contributed by atoms with Gasteiger partial charge in [0, 0.05) is 0 Å². The Morgan fingerprint density at radius 1 is 1.00 bits per heavy atom. The molecule has 0 unspecified atom stereocenters. The molecule has 0 heterocycles. The summed E-state index contributed by atoms with van der Waals surface area (Å²) in [6, 6.07) is 0. The SMILES string of the molecule is [CH-]1CCCCC1.[Cu+2].[NH-]O. The van der Waals surface area contributed by atoms with Crippen molar-refractivity contribution >= 4 is 0 Å². The molecular weight excluding hydrogens is 166 g/mol. The molecule has 9 heavy (non-hydrogen) atoms. The van der Waals surface area contributed by atoms with Gasteiger partial charge in [0.15, 0.2) is 0 Å². The molecule has 1 saturated carbocycles. The summed E-state index contributed by atoms with van der Waals surface area (Å²) in [6.45, 7) is 0. The van der Waals surface area contributed by atoms with Crippen molar-refractivity contribution in [2.75, 3.05) is 0 Å². The van der Waals surface area contributed by atoms with E-state index in [-0.39, 0.29) is 17.1 Å². The second-order valence-electron chi connectivity index (χ2n) is 1.93. The van der Waals surface area contributed by atoms with Crippen molar-refractivity contribution in [2.45, 2.75) is 32.1 Å². The second kappa shape index (κ2) is 11.3. The molecule has 0 aliphatic heterocycles. The van der Waals surface area contributed by atoms with E-state index in [2.05, 4.69) is 6.42 Å². The predicted octanol–water partition coefficient (Wildman–Crippen LogP) is 2.58. The molecule has 0 bridgehead atoms. The van der Waals surface area contributed by atoms with Crippen molar-refractivity contribution in [3.8, 4) is 0 Å². The molecule has 0 saturated heterocycles. The average Bonchev–Trinajstić information content (AvgIpc) is 1.96. The fourth-order valence-corrected chi connectivity index (χ4v) is 0.898. The molecule has 1 radical (unpaired) electrons. The molecule has 0 atom stereocenters. The molecule has 0 spiro atoms. The van der Waals surface area contributed by atoms with Gasteiger partial charge < -0.3 is 17.5 Å². The van der Waals surface area contributed by atoms with Crippen molar-refractivity contribution < 1.29 is 22.3 Å². The standard InChI is InChI=1S/C6H11.Cu.H2NO/c1-2-4-6-5-3-1;;1-2/h1H,2-6H2;;1-2H/q-1;+2;-1. The van der Waals surface area contributed by atoms with Gasteiger partial charge in [0.25, 0.3) is 0 Å². The van der Waals surface area contributed by atoms with Crippen LogP contribution in [0.15, 0.2) is 0 Å². The summed E-state index contributed by atoms with van der Waals surface area (Å²) in [5.41, 5.74) is 0. The van der Waals surface area contributed by atoms with Gasteiger partial charge in [0.2, 0.25) is 0 Å². The topological polar surface area (TPSA) is 44.0 Å². The molecular formula is C6H13CuNO. The smallest absolute Gasteiger partial charge is 0.553 e. The third-order valence-corrected chi connectivity index (χ3v) is 1.32. The summed E-state index contributed by atoms with van der Waals surface area (Å²) in [5, 5.41) is 6.25. The number of hydrogen-bond donors (Lipinski definition) is 1. The van der Waals surface area contributed by atoms with Crippen molar-refractivity contribution in [3.63, 3.8) is 0 Å². The first kappa shape index (κ1) is 12.1. The Balaban J connectivity index is 0. The fraction of sp³-hybridized carbons (Fsp3) is 0.833. The maximum Gasteiger partial charge on any atom is 2.00 e. The van der Waals surface area contributed by atoms with Gasteiger partial charge >= 0.3 is 17.1 Å². The van der Waals surface area contributed by atoms with Gasteiger partial charge in [0.1, 0.15) is 0 Å². The molecule has 2 N–H and O–H groups in total. The van der Waals surface area contributed by atoms with Gasteiger partial charge in [-0.3, -0.25) is 0 Å².